The maximum atomic E-state index is 13.8. The van der Waals surface area contributed by atoms with Gasteiger partial charge in [-0.05, 0) is 42.0 Å². The number of benzene rings is 2. The predicted molar refractivity (Wildman–Crippen MR) is 112 cm³/mol. The highest BCUT2D eigenvalue weighted by Gasteiger charge is 2.47. The Balaban J connectivity index is 1.70. The van der Waals surface area contributed by atoms with Gasteiger partial charge in [0, 0.05) is 29.4 Å². The molecule has 0 aliphatic heterocycles. The Morgan fingerprint density at radius 3 is 2.53 bits per heavy atom. The van der Waals surface area contributed by atoms with Crippen LogP contribution in [-0.4, -0.2) is 27.5 Å². The van der Waals surface area contributed by atoms with E-state index >= 15 is 0 Å². The van der Waals surface area contributed by atoms with Crippen LogP contribution in [-0.2, 0) is 0 Å². The molecule has 7 heteroatoms. The summed E-state index contributed by atoms with van der Waals surface area (Å²) >= 11 is 6.12. The summed E-state index contributed by atoms with van der Waals surface area (Å²) in [4.78, 5) is 17.4. The Morgan fingerprint density at radius 2 is 1.80 bits per heavy atom. The second kappa shape index (κ2) is 7.93. The number of hydrogen-bond donors (Lipinski definition) is 2. The molecule has 1 fully saturated rings. The molecule has 1 aromatic heterocycles. The van der Waals surface area contributed by atoms with E-state index in [1.54, 1.807) is 42.6 Å². The van der Waals surface area contributed by atoms with Crippen LogP contribution in [0.25, 0.3) is 10.8 Å². The largest absolute Gasteiger partial charge is 0.387 e. The second-order valence-electron chi connectivity index (χ2n) is 7.80. The topological polar surface area (TPSA) is 62.2 Å². The molecule has 0 bridgehead atoms. The third kappa shape index (κ3) is 4.16. The Labute approximate surface area is 177 Å². The van der Waals surface area contributed by atoms with Crippen LogP contribution >= 0.6 is 11.6 Å². The number of carbonyl (C=O) groups is 1. The van der Waals surface area contributed by atoms with Gasteiger partial charge in [0.2, 0.25) is 5.92 Å². The molecule has 156 valence electrons. The van der Waals surface area contributed by atoms with Gasteiger partial charge in [-0.25, -0.2) is 8.78 Å². The number of pyridine rings is 1. The first-order valence-corrected chi connectivity index (χ1v) is 10.2. The molecule has 0 spiro atoms. The van der Waals surface area contributed by atoms with Crippen molar-refractivity contribution < 1.29 is 18.7 Å². The number of aromatic nitrogens is 1. The molecule has 1 heterocycles. The van der Waals surface area contributed by atoms with Crippen molar-refractivity contribution in [2.75, 3.05) is 0 Å². The number of amides is 1. The summed E-state index contributed by atoms with van der Waals surface area (Å²) in [5, 5.41) is 16.1. The van der Waals surface area contributed by atoms with Crippen molar-refractivity contribution >= 4 is 28.3 Å². The third-order valence-electron chi connectivity index (χ3n) is 5.73. The van der Waals surface area contributed by atoms with E-state index in [4.69, 9.17) is 11.6 Å². The summed E-state index contributed by atoms with van der Waals surface area (Å²) < 4.78 is 27.5. The number of hydrogen-bond acceptors (Lipinski definition) is 3. The fourth-order valence-electron chi connectivity index (χ4n) is 4.05. The van der Waals surface area contributed by atoms with Crippen LogP contribution in [0.1, 0.15) is 47.8 Å². The van der Waals surface area contributed by atoms with Crippen LogP contribution in [0.15, 0.2) is 60.8 Å². The number of carbonyl (C=O) groups excluding carboxylic acids is 1. The fraction of sp³-hybridized carbons (Fsp3) is 0.304. The smallest absolute Gasteiger partial charge is 0.271 e. The van der Waals surface area contributed by atoms with E-state index in [-0.39, 0.29) is 18.5 Å². The molecule has 4 rings (SSSR count). The minimum absolute atomic E-state index is 0.138. The molecule has 0 saturated heterocycles. The maximum Gasteiger partial charge on any atom is 0.271 e. The Hall–Kier alpha value is -2.57. The SMILES string of the molecule is O=C(NC(c1cccc(Cl)c1)C1(O)CCC(F)(F)CC1)c1nccc2ccccc12. The van der Waals surface area contributed by atoms with E-state index < -0.39 is 36.3 Å². The minimum Gasteiger partial charge on any atom is -0.387 e. The predicted octanol–water partition coefficient (Wildman–Crippen LogP) is 5.30. The normalized spacial score (nSPS) is 18.7. The molecule has 1 aliphatic carbocycles. The van der Waals surface area contributed by atoms with E-state index in [9.17, 15) is 18.7 Å². The average molecular weight is 431 g/mol. The van der Waals surface area contributed by atoms with Crippen molar-refractivity contribution in [3.05, 3.63) is 77.1 Å². The molecule has 4 nitrogen and oxygen atoms in total. The number of halogens is 3. The van der Waals surface area contributed by atoms with E-state index in [2.05, 4.69) is 10.3 Å². The van der Waals surface area contributed by atoms with Crippen LogP contribution in [0.3, 0.4) is 0 Å². The summed E-state index contributed by atoms with van der Waals surface area (Å²) in [7, 11) is 0. The summed E-state index contributed by atoms with van der Waals surface area (Å²) in [6.45, 7) is 0. The standard InChI is InChI=1S/C23H21ClF2N2O2/c24-17-6-3-5-16(14-17)20(22(30)9-11-23(25,26)12-10-22)28-21(29)19-18-7-2-1-4-15(18)8-13-27-19/h1-8,13-14,20,30H,9-12H2,(H,28,29). The van der Waals surface area contributed by atoms with Crippen molar-refractivity contribution in [2.24, 2.45) is 0 Å². The Kier molecular flexibility index (Phi) is 5.47. The van der Waals surface area contributed by atoms with Gasteiger partial charge >= 0.3 is 0 Å². The Morgan fingerprint density at radius 1 is 1.07 bits per heavy atom. The number of fused-ring (bicyclic) bond motifs is 1. The van der Waals surface area contributed by atoms with Gasteiger partial charge in [0.1, 0.15) is 5.69 Å². The molecular weight excluding hydrogens is 410 g/mol. The first-order valence-electron chi connectivity index (χ1n) is 9.78. The maximum absolute atomic E-state index is 13.8. The van der Waals surface area contributed by atoms with Gasteiger partial charge in [0.25, 0.3) is 5.91 Å². The monoisotopic (exact) mass is 430 g/mol. The average Bonchev–Trinajstić information content (AvgIpc) is 2.74. The lowest BCUT2D eigenvalue weighted by Crippen LogP contribution is -2.50. The molecule has 0 radical (unpaired) electrons. The van der Waals surface area contributed by atoms with Crippen LogP contribution < -0.4 is 5.32 Å². The summed E-state index contributed by atoms with van der Waals surface area (Å²) in [5.41, 5.74) is -0.749. The van der Waals surface area contributed by atoms with Gasteiger partial charge < -0.3 is 10.4 Å². The number of alkyl halides is 2. The highest BCUT2D eigenvalue weighted by molar-refractivity contribution is 6.30. The molecule has 1 saturated carbocycles. The van der Waals surface area contributed by atoms with Crippen molar-refractivity contribution in [3.63, 3.8) is 0 Å². The molecule has 1 aliphatic rings. The van der Waals surface area contributed by atoms with E-state index in [1.165, 1.54) is 0 Å². The number of nitrogens with zero attached hydrogens (tertiary/aromatic N) is 1. The molecule has 1 unspecified atom stereocenters. The number of rotatable bonds is 4. The van der Waals surface area contributed by atoms with E-state index in [0.717, 1.165) is 5.39 Å². The summed E-state index contributed by atoms with van der Waals surface area (Å²) in [6.07, 6.45) is 0.383. The van der Waals surface area contributed by atoms with Gasteiger partial charge in [0.05, 0.1) is 11.6 Å². The number of nitrogens with one attached hydrogen (secondary N) is 1. The highest BCUT2D eigenvalue weighted by atomic mass is 35.5. The second-order valence-corrected chi connectivity index (χ2v) is 8.24. The lowest BCUT2D eigenvalue weighted by Gasteiger charge is -2.42. The lowest BCUT2D eigenvalue weighted by molar-refractivity contribution is -0.116. The van der Waals surface area contributed by atoms with Crippen molar-refractivity contribution in [2.45, 2.75) is 43.2 Å². The van der Waals surface area contributed by atoms with Crippen LogP contribution in [0.4, 0.5) is 8.78 Å². The lowest BCUT2D eigenvalue weighted by atomic mass is 9.75. The van der Waals surface area contributed by atoms with Gasteiger partial charge in [0.15, 0.2) is 0 Å². The van der Waals surface area contributed by atoms with Gasteiger partial charge in [-0.2, -0.15) is 0 Å². The highest BCUT2D eigenvalue weighted by Crippen LogP contribution is 2.44. The molecule has 1 amide bonds. The molecule has 1 atom stereocenters. The first kappa shape index (κ1) is 20.7. The fourth-order valence-corrected chi connectivity index (χ4v) is 4.25. The van der Waals surface area contributed by atoms with Crippen molar-refractivity contribution in [1.82, 2.24) is 10.3 Å². The van der Waals surface area contributed by atoms with Crippen molar-refractivity contribution in [3.8, 4) is 0 Å². The molecule has 3 aromatic rings. The quantitative estimate of drug-likeness (QED) is 0.590. The molecule has 30 heavy (non-hydrogen) atoms. The summed E-state index contributed by atoms with van der Waals surface area (Å²) in [5.74, 6) is -3.30. The zero-order chi connectivity index (χ0) is 21.4. The molecule has 2 aromatic carbocycles. The van der Waals surface area contributed by atoms with Crippen molar-refractivity contribution in [1.29, 1.82) is 0 Å². The van der Waals surface area contributed by atoms with Crippen LogP contribution in [0, 0.1) is 0 Å². The van der Waals surface area contributed by atoms with E-state index in [1.807, 2.05) is 18.2 Å². The molecular formula is C23H21ClF2N2O2. The Bertz CT molecular complexity index is 1070. The summed E-state index contributed by atoms with van der Waals surface area (Å²) in [6, 6.07) is 15.0. The van der Waals surface area contributed by atoms with Crippen LogP contribution in [0.5, 0.6) is 0 Å². The third-order valence-corrected chi connectivity index (χ3v) is 5.97. The zero-order valence-corrected chi connectivity index (χ0v) is 16.9. The van der Waals surface area contributed by atoms with Gasteiger partial charge in [-0.3, -0.25) is 9.78 Å². The zero-order valence-electron chi connectivity index (χ0n) is 16.1. The minimum atomic E-state index is -2.81. The van der Waals surface area contributed by atoms with Gasteiger partial charge in [-0.15, -0.1) is 0 Å². The van der Waals surface area contributed by atoms with Gasteiger partial charge in [-0.1, -0.05) is 48.0 Å². The number of aliphatic hydroxyl groups is 1. The van der Waals surface area contributed by atoms with Crippen LogP contribution in [0.2, 0.25) is 5.02 Å². The van der Waals surface area contributed by atoms with E-state index in [0.29, 0.717) is 16.0 Å². The molecule has 2 N–H and O–H groups in total. The first-order chi connectivity index (χ1) is 14.3.